The Morgan fingerprint density at radius 2 is 1.60 bits per heavy atom. The molecule has 3 amide bonds. The molecule has 0 bridgehead atoms. The van der Waals surface area contributed by atoms with Gasteiger partial charge < -0.3 is 29.3 Å². The maximum atomic E-state index is 13.5. The molecule has 4 rings (SSSR count). The van der Waals surface area contributed by atoms with Crippen molar-refractivity contribution >= 4 is 29.5 Å². The van der Waals surface area contributed by atoms with Crippen molar-refractivity contribution in [3.8, 4) is 11.8 Å². The Labute approximate surface area is 240 Å². The van der Waals surface area contributed by atoms with Crippen molar-refractivity contribution in [1.82, 2.24) is 30.0 Å². The van der Waals surface area contributed by atoms with Gasteiger partial charge in [0.25, 0.3) is 0 Å². The van der Waals surface area contributed by atoms with E-state index in [2.05, 4.69) is 20.2 Å². The van der Waals surface area contributed by atoms with Crippen molar-refractivity contribution in [2.75, 3.05) is 85.5 Å². The van der Waals surface area contributed by atoms with Crippen molar-refractivity contribution in [1.29, 1.82) is 0 Å². The Kier molecular flexibility index (Phi) is 11.7. The molecule has 1 aromatic heterocycles. The standard InChI is InChI=1S/C27H42N6O6S/c1-37-23-17-24(38-2)30-22(29-23)19-40-16-7-28-26(35)20-5-3-4-6-21(20)27(36)33-10-8-31(9-11-33)18-25(34)32-12-14-39-15-13-32/h17,20-21H,3-16,18-19H2,1-2H3,(H,28,35). The molecule has 12 nitrogen and oxygen atoms in total. The zero-order chi connectivity index (χ0) is 28.3. The number of ether oxygens (including phenoxy) is 3. The lowest BCUT2D eigenvalue weighted by molar-refractivity contribution is -0.145. The molecule has 13 heteroatoms. The van der Waals surface area contributed by atoms with Crippen LogP contribution in [0.4, 0.5) is 0 Å². The zero-order valence-electron chi connectivity index (χ0n) is 23.6. The number of carbonyl (C=O) groups excluding carboxylic acids is 3. The lowest BCUT2D eigenvalue weighted by atomic mass is 9.77. The second-order valence-electron chi connectivity index (χ2n) is 10.3. The number of aromatic nitrogens is 2. The highest BCUT2D eigenvalue weighted by Crippen LogP contribution is 2.32. The average Bonchev–Trinajstić information content (AvgIpc) is 3.01. The number of methoxy groups -OCH3 is 2. The molecule has 1 N–H and O–H groups in total. The number of carbonyl (C=O) groups is 3. The number of rotatable bonds is 11. The van der Waals surface area contributed by atoms with Crippen LogP contribution in [0.15, 0.2) is 6.07 Å². The average molecular weight is 579 g/mol. The topological polar surface area (TPSA) is 126 Å². The highest BCUT2D eigenvalue weighted by Gasteiger charge is 2.38. The van der Waals surface area contributed by atoms with Gasteiger partial charge in [0.05, 0.1) is 45.8 Å². The Hall–Kier alpha value is -2.64. The summed E-state index contributed by atoms with van der Waals surface area (Å²) in [5.74, 6) is 2.38. The van der Waals surface area contributed by atoms with E-state index in [1.54, 1.807) is 32.0 Å². The summed E-state index contributed by atoms with van der Waals surface area (Å²) >= 11 is 1.61. The van der Waals surface area contributed by atoms with E-state index in [9.17, 15) is 14.4 Å². The van der Waals surface area contributed by atoms with E-state index in [0.717, 1.165) is 25.7 Å². The molecule has 2 aliphatic heterocycles. The molecular weight excluding hydrogens is 536 g/mol. The summed E-state index contributed by atoms with van der Waals surface area (Å²) in [6.45, 7) is 5.90. The van der Waals surface area contributed by atoms with Crippen LogP contribution >= 0.6 is 11.8 Å². The van der Waals surface area contributed by atoms with Crippen LogP contribution in [-0.2, 0) is 24.9 Å². The van der Waals surface area contributed by atoms with Crippen LogP contribution in [0.2, 0.25) is 0 Å². The van der Waals surface area contributed by atoms with Gasteiger partial charge in [0.2, 0.25) is 29.5 Å². The van der Waals surface area contributed by atoms with Crippen molar-refractivity contribution in [2.24, 2.45) is 11.8 Å². The molecule has 1 aromatic rings. The third kappa shape index (κ3) is 8.43. The van der Waals surface area contributed by atoms with Crippen LogP contribution < -0.4 is 14.8 Å². The fourth-order valence-corrected chi connectivity index (χ4v) is 6.17. The first-order valence-corrected chi connectivity index (χ1v) is 15.3. The van der Waals surface area contributed by atoms with Crippen LogP contribution in [0.25, 0.3) is 0 Å². The van der Waals surface area contributed by atoms with E-state index >= 15 is 0 Å². The third-order valence-electron chi connectivity index (χ3n) is 7.75. The normalized spacial score (nSPS) is 22.1. The molecule has 2 saturated heterocycles. The van der Waals surface area contributed by atoms with E-state index < -0.39 is 0 Å². The summed E-state index contributed by atoms with van der Waals surface area (Å²) in [7, 11) is 3.10. The van der Waals surface area contributed by atoms with Crippen molar-refractivity contribution in [3.63, 3.8) is 0 Å². The zero-order valence-corrected chi connectivity index (χ0v) is 24.5. The molecule has 0 aromatic carbocycles. The summed E-state index contributed by atoms with van der Waals surface area (Å²) in [6, 6.07) is 1.63. The molecule has 1 saturated carbocycles. The molecule has 0 spiro atoms. The molecule has 222 valence electrons. The summed E-state index contributed by atoms with van der Waals surface area (Å²) in [5, 5.41) is 3.05. The molecule has 2 atom stereocenters. The SMILES string of the molecule is COc1cc(OC)nc(CSCCNC(=O)C2CCCCC2C(=O)N2CCN(CC(=O)N3CCOCC3)CC2)n1. The van der Waals surface area contributed by atoms with E-state index in [0.29, 0.717) is 94.7 Å². The number of nitrogens with one attached hydrogen (secondary N) is 1. The highest BCUT2D eigenvalue weighted by molar-refractivity contribution is 7.98. The highest BCUT2D eigenvalue weighted by atomic mass is 32.2. The Morgan fingerprint density at radius 3 is 2.25 bits per heavy atom. The molecular formula is C27H42N6O6S. The number of hydrogen-bond acceptors (Lipinski definition) is 10. The summed E-state index contributed by atoms with van der Waals surface area (Å²) < 4.78 is 15.7. The largest absolute Gasteiger partial charge is 0.481 e. The first kappa shape index (κ1) is 30.3. The molecule has 0 radical (unpaired) electrons. The maximum absolute atomic E-state index is 13.5. The van der Waals surface area contributed by atoms with Gasteiger partial charge in [-0.3, -0.25) is 19.3 Å². The number of morpholine rings is 1. The number of thioether (sulfide) groups is 1. The lowest BCUT2D eigenvalue weighted by Gasteiger charge is -2.39. The first-order valence-electron chi connectivity index (χ1n) is 14.2. The van der Waals surface area contributed by atoms with Crippen LogP contribution in [0.3, 0.4) is 0 Å². The fourth-order valence-electron chi connectivity index (χ4n) is 5.47. The molecule has 3 heterocycles. The van der Waals surface area contributed by atoms with Gasteiger partial charge in [-0.25, -0.2) is 0 Å². The predicted octanol–water partition coefficient (Wildman–Crippen LogP) is 0.653. The number of nitrogens with zero attached hydrogens (tertiary/aromatic N) is 5. The Morgan fingerprint density at radius 1 is 0.950 bits per heavy atom. The predicted molar refractivity (Wildman–Crippen MR) is 150 cm³/mol. The second-order valence-corrected chi connectivity index (χ2v) is 11.4. The summed E-state index contributed by atoms with van der Waals surface area (Å²) in [6.07, 6.45) is 3.41. The number of amides is 3. The van der Waals surface area contributed by atoms with E-state index in [1.165, 1.54) is 0 Å². The minimum absolute atomic E-state index is 0.0345. The van der Waals surface area contributed by atoms with Crippen molar-refractivity contribution < 1.29 is 28.6 Å². The monoisotopic (exact) mass is 578 g/mol. The first-order chi connectivity index (χ1) is 19.5. The number of piperazine rings is 1. The Bertz CT molecular complexity index is 979. The van der Waals surface area contributed by atoms with Crippen LogP contribution in [0, 0.1) is 11.8 Å². The minimum atomic E-state index is -0.293. The Balaban J connectivity index is 1.19. The molecule has 2 unspecified atom stereocenters. The molecule has 1 aliphatic carbocycles. The van der Waals surface area contributed by atoms with Gasteiger partial charge in [-0.15, -0.1) is 0 Å². The van der Waals surface area contributed by atoms with Crippen LogP contribution in [0.1, 0.15) is 31.5 Å². The van der Waals surface area contributed by atoms with Gasteiger partial charge in [0.1, 0.15) is 5.82 Å². The van der Waals surface area contributed by atoms with Gasteiger partial charge in [-0.2, -0.15) is 21.7 Å². The molecule has 40 heavy (non-hydrogen) atoms. The second kappa shape index (κ2) is 15.4. The quantitative estimate of drug-likeness (QED) is 0.374. The van der Waals surface area contributed by atoms with Gasteiger partial charge in [-0.05, 0) is 12.8 Å². The van der Waals surface area contributed by atoms with Crippen molar-refractivity contribution in [2.45, 2.75) is 31.4 Å². The smallest absolute Gasteiger partial charge is 0.236 e. The molecule has 3 aliphatic rings. The van der Waals surface area contributed by atoms with Gasteiger partial charge in [0.15, 0.2) is 0 Å². The van der Waals surface area contributed by atoms with Gasteiger partial charge in [0, 0.05) is 63.4 Å². The minimum Gasteiger partial charge on any atom is -0.481 e. The van der Waals surface area contributed by atoms with Gasteiger partial charge in [-0.1, -0.05) is 12.8 Å². The van der Waals surface area contributed by atoms with E-state index in [-0.39, 0.29) is 29.6 Å². The lowest BCUT2D eigenvalue weighted by Crippen LogP contribution is -2.54. The summed E-state index contributed by atoms with van der Waals surface area (Å²) in [5.41, 5.74) is 0. The van der Waals surface area contributed by atoms with Crippen LogP contribution in [-0.4, -0.2) is 128 Å². The maximum Gasteiger partial charge on any atom is 0.236 e. The van der Waals surface area contributed by atoms with E-state index in [4.69, 9.17) is 14.2 Å². The third-order valence-corrected chi connectivity index (χ3v) is 8.70. The number of hydrogen-bond donors (Lipinski definition) is 1. The van der Waals surface area contributed by atoms with Crippen molar-refractivity contribution in [3.05, 3.63) is 11.9 Å². The molecule has 3 fully saturated rings. The van der Waals surface area contributed by atoms with E-state index in [1.807, 2.05) is 9.80 Å². The fraction of sp³-hybridized carbons (Fsp3) is 0.741. The van der Waals surface area contributed by atoms with Gasteiger partial charge >= 0.3 is 0 Å². The van der Waals surface area contributed by atoms with Crippen LogP contribution in [0.5, 0.6) is 11.8 Å². The summed E-state index contributed by atoms with van der Waals surface area (Å²) in [4.78, 5) is 53.7.